The monoisotopic (exact) mass is 302 g/mol. The zero-order valence-corrected chi connectivity index (χ0v) is 12.0. The van der Waals surface area contributed by atoms with Crippen molar-refractivity contribution in [2.75, 3.05) is 0 Å². The minimum Gasteiger partial charge on any atom is -0.303 e. The lowest BCUT2D eigenvalue weighted by atomic mass is 10.1. The van der Waals surface area contributed by atoms with Gasteiger partial charge in [0.2, 0.25) is 0 Å². The summed E-state index contributed by atoms with van der Waals surface area (Å²) in [5.74, 6) is 1.37. The topological polar surface area (TPSA) is 34.1 Å². The van der Waals surface area contributed by atoms with Gasteiger partial charge < -0.3 is 9.59 Å². The van der Waals surface area contributed by atoms with Crippen molar-refractivity contribution in [1.82, 2.24) is 0 Å². The van der Waals surface area contributed by atoms with Crippen molar-refractivity contribution in [3.63, 3.8) is 0 Å². The lowest BCUT2D eigenvalue weighted by Crippen LogP contribution is -2.11. The summed E-state index contributed by atoms with van der Waals surface area (Å²) in [4.78, 5) is 20.3. The van der Waals surface area contributed by atoms with Crippen LogP contribution in [0.4, 0.5) is 0 Å². The molecule has 1 atom stereocenters. The molecule has 0 radical (unpaired) electrons. The van der Waals surface area contributed by atoms with E-state index in [0.717, 1.165) is 24.9 Å². The molecule has 2 aliphatic rings. The number of alkyl halides is 1. The number of hydrogen-bond acceptors (Lipinski definition) is 2. The molecule has 2 nitrogen and oxygen atoms in total. The van der Waals surface area contributed by atoms with E-state index in [-0.39, 0.29) is 4.83 Å². The molecule has 2 saturated carbocycles. The molecule has 1 unspecified atom stereocenters. The van der Waals surface area contributed by atoms with Crippen LogP contribution in [0.2, 0.25) is 0 Å². The average Bonchev–Trinajstić information content (AvgIpc) is 3.01. The van der Waals surface area contributed by atoms with Gasteiger partial charge in [0.15, 0.2) is 0 Å². The first-order valence-corrected chi connectivity index (χ1v) is 7.72. The van der Waals surface area contributed by atoms with Gasteiger partial charge in [-0.05, 0) is 24.7 Å². The SMILES string of the molecule is O=CC(Br)C1CCCC1.O=CCC1CCCC1. The van der Waals surface area contributed by atoms with Crippen molar-refractivity contribution in [2.24, 2.45) is 11.8 Å². The van der Waals surface area contributed by atoms with Gasteiger partial charge in [-0.2, -0.15) is 0 Å². The minimum atomic E-state index is 0.125. The smallest absolute Gasteiger partial charge is 0.133 e. The average molecular weight is 303 g/mol. The predicted molar refractivity (Wildman–Crippen MR) is 73.4 cm³/mol. The number of halogens is 1. The Hall–Kier alpha value is -0.180. The highest BCUT2D eigenvalue weighted by Gasteiger charge is 2.21. The van der Waals surface area contributed by atoms with Crippen molar-refractivity contribution in [3.8, 4) is 0 Å². The van der Waals surface area contributed by atoms with Gasteiger partial charge in [0, 0.05) is 6.42 Å². The van der Waals surface area contributed by atoms with Crippen LogP contribution in [0.5, 0.6) is 0 Å². The fourth-order valence-electron chi connectivity index (χ4n) is 2.77. The van der Waals surface area contributed by atoms with Crippen molar-refractivity contribution in [1.29, 1.82) is 0 Å². The molecule has 0 aromatic rings. The molecule has 0 amide bonds. The van der Waals surface area contributed by atoms with Gasteiger partial charge in [-0.3, -0.25) is 0 Å². The summed E-state index contributed by atoms with van der Waals surface area (Å²) in [5, 5.41) is 0. The van der Waals surface area contributed by atoms with E-state index in [9.17, 15) is 9.59 Å². The molecule has 3 heteroatoms. The van der Waals surface area contributed by atoms with Gasteiger partial charge in [0.05, 0.1) is 4.83 Å². The van der Waals surface area contributed by atoms with E-state index in [4.69, 9.17) is 0 Å². The maximum Gasteiger partial charge on any atom is 0.133 e. The molecule has 0 spiro atoms. The van der Waals surface area contributed by atoms with Crippen molar-refractivity contribution in [3.05, 3.63) is 0 Å². The Morgan fingerprint density at radius 3 is 2.00 bits per heavy atom. The van der Waals surface area contributed by atoms with Crippen LogP contribution >= 0.6 is 15.9 Å². The number of carbonyl (C=O) groups excluding carboxylic acids is 2. The van der Waals surface area contributed by atoms with Crippen LogP contribution in [0.25, 0.3) is 0 Å². The molecule has 0 saturated heterocycles. The van der Waals surface area contributed by atoms with Crippen molar-refractivity contribution >= 4 is 28.5 Å². The molecule has 0 aromatic carbocycles. The Bertz CT molecular complexity index is 218. The minimum absolute atomic E-state index is 0.125. The number of hydrogen-bond donors (Lipinski definition) is 0. The summed E-state index contributed by atoms with van der Waals surface area (Å²) < 4.78 is 0. The number of carbonyl (C=O) groups is 2. The van der Waals surface area contributed by atoms with Crippen LogP contribution in [0.3, 0.4) is 0 Å². The molecule has 0 aromatic heterocycles. The molecule has 2 fully saturated rings. The van der Waals surface area contributed by atoms with E-state index in [1.165, 1.54) is 51.4 Å². The predicted octanol–water partition coefficient (Wildman–Crippen LogP) is 3.90. The number of aldehydes is 2. The van der Waals surface area contributed by atoms with Crippen LogP contribution in [-0.2, 0) is 9.59 Å². The van der Waals surface area contributed by atoms with E-state index >= 15 is 0 Å². The molecule has 0 bridgehead atoms. The summed E-state index contributed by atoms with van der Waals surface area (Å²) in [6.45, 7) is 0. The van der Waals surface area contributed by atoms with E-state index < -0.39 is 0 Å². The summed E-state index contributed by atoms with van der Waals surface area (Å²) in [6, 6.07) is 0. The van der Waals surface area contributed by atoms with Crippen LogP contribution in [-0.4, -0.2) is 17.4 Å². The first-order chi connectivity index (χ1) is 8.27. The second-order valence-corrected chi connectivity index (χ2v) is 6.24. The molecular weight excluding hydrogens is 280 g/mol. The number of rotatable bonds is 4. The van der Waals surface area contributed by atoms with Gasteiger partial charge in [-0.1, -0.05) is 54.5 Å². The van der Waals surface area contributed by atoms with Gasteiger partial charge >= 0.3 is 0 Å². The Morgan fingerprint density at radius 2 is 1.53 bits per heavy atom. The van der Waals surface area contributed by atoms with Gasteiger partial charge in [0.1, 0.15) is 12.6 Å². The Balaban J connectivity index is 0.000000171. The lowest BCUT2D eigenvalue weighted by molar-refractivity contribution is -0.109. The first kappa shape index (κ1) is 14.9. The third-order valence-corrected chi connectivity index (χ3v) is 4.85. The van der Waals surface area contributed by atoms with Crippen LogP contribution < -0.4 is 0 Å². The Morgan fingerprint density at radius 1 is 1.00 bits per heavy atom. The molecule has 0 aliphatic heterocycles. The fourth-order valence-corrected chi connectivity index (χ4v) is 3.30. The van der Waals surface area contributed by atoms with E-state index in [1.807, 2.05) is 0 Å². The zero-order valence-electron chi connectivity index (χ0n) is 10.4. The molecule has 2 rings (SSSR count). The molecule has 98 valence electrons. The molecule has 0 N–H and O–H groups in total. The Kier molecular flexibility index (Phi) is 7.74. The van der Waals surface area contributed by atoms with E-state index in [0.29, 0.717) is 5.92 Å². The summed E-state index contributed by atoms with van der Waals surface area (Å²) in [6.07, 6.45) is 13.2. The second kappa shape index (κ2) is 8.84. The van der Waals surface area contributed by atoms with Gasteiger partial charge in [-0.15, -0.1) is 0 Å². The molecule has 17 heavy (non-hydrogen) atoms. The lowest BCUT2D eigenvalue weighted by Gasteiger charge is -2.08. The Labute approximate surface area is 113 Å². The van der Waals surface area contributed by atoms with Gasteiger partial charge in [0.25, 0.3) is 0 Å². The maximum atomic E-state index is 10.2. The standard InChI is InChI=1S/C7H11BrO.C7H12O/c8-7(5-9)6-3-1-2-4-6;8-6-5-7-3-1-2-4-7/h5-7H,1-4H2;6-7H,1-5H2. The van der Waals surface area contributed by atoms with E-state index in [1.54, 1.807) is 0 Å². The van der Waals surface area contributed by atoms with E-state index in [2.05, 4.69) is 15.9 Å². The van der Waals surface area contributed by atoms with Crippen LogP contribution in [0.15, 0.2) is 0 Å². The zero-order chi connectivity index (χ0) is 12.5. The normalized spacial score (nSPS) is 22.9. The van der Waals surface area contributed by atoms with Crippen molar-refractivity contribution in [2.45, 2.75) is 62.6 Å². The third-order valence-electron chi connectivity index (χ3n) is 3.88. The van der Waals surface area contributed by atoms with Crippen LogP contribution in [0.1, 0.15) is 57.8 Å². The first-order valence-electron chi connectivity index (χ1n) is 6.81. The third kappa shape index (κ3) is 5.80. The molecule has 2 aliphatic carbocycles. The van der Waals surface area contributed by atoms with Crippen molar-refractivity contribution < 1.29 is 9.59 Å². The fraction of sp³-hybridized carbons (Fsp3) is 0.857. The summed E-state index contributed by atoms with van der Waals surface area (Å²) in [7, 11) is 0. The highest BCUT2D eigenvalue weighted by molar-refractivity contribution is 9.10. The maximum absolute atomic E-state index is 10.2. The quantitative estimate of drug-likeness (QED) is 0.583. The second-order valence-electron chi connectivity index (χ2n) is 5.18. The molecular formula is C14H23BrO2. The highest BCUT2D eigenvalue weighted by atomic mass is 79.9. The largest absolute Gasteiger partial charge is 0.303 e. The van der Waals surface area contributed by atoms with Gasteiger partial charge in [-0.25, -0.2) is 0 Å². The summed E-state index contributed by atoms with van der Waals surface area (Å²) >= 11 is 3.34. The van der Waals surface area contributed by atoms with Crippen LogP contribution in [0, 0.1) is 11.8 Å². The molecule has 0 heterocycles. The highest BCUT2D eigenvalue weighted by Crippen LogP contribution is 2.30. The summed E-state index contributed by atoms with van der Waals surface area (Å²) in [5.41, 5.74) is 0.